The summed E-state index contributed by atoms with van der Waals surface area (Å²) in [6, 6.07) is 0.929. The molecule has 1 N–H and O–H groups in total. The van der Waals surface area contributed by atoms with E-state index in [1.54, 1.807) is 0 Å². The lowest BCUT2D eigenvalue weighted by molar-refractivity contribution is -0.136. The minimum Gasteiger partial charge on any atom is -0.481 e. The maximum absolute atomic E-state index is 11.8. The van der Waals surface area contributed by atoms with Crippen LogP contribution in [0.5, 0.6) is 0 Å². The summed E-state index contributed by atoms with van der Waals surface area (Å²) in [5, 5.41) is 11.2. The summed E-state index contributed by atoms with van der Waals surface area (Å²) in [7, 11) is 0. The van der Waals surface area contributed by atoms with E-state index in [1.807, 2.05) is 0 Å². The topological polar surface area (TPSA) is 63.3 Å². The quantitative estimate of drug-likeness (QED) is 0.754. The minimum absolute atomic E-state index is 0.0715. The normalized spacial score (nSPS) is 10.6. The number of carbonyl (C=O) groups is 1. The van der Waals surface area contributed by atoms with E-state index in [0.717, 1.165) is 6.07 Å². The monoisotopic (exact) mass is 177 g/mol. The van der Waals surface area contributed by atoms with Gasteiger partial charge in [-0.05, 0) is 0 Å². The first kappa shape index (κ1) is 8.63. The van der Waals surface area contributed by atoms with Crippen LogP contribution in [-0.2, 0) is 11.2 Å². The van der Waals surface area contributed by atoms with Crippen molar-refractivity contribution in [1.82, 2.24) is 5.16 Å². The van der Waals surface area contributed by atoms with Crippen molar-refractivity contribution in [3.63, 3.8) is 0 Å². The van der Waals surface area contributed by atoms with Crippen LogP contribution in [-0.4, -0.2) is 16.2 Å². The van der Waals surface area contributed by atoms with Crippen molar-refractivity contribution in [3.05, 3.63) is 17.5 Å². The first-order valence-corrected chi connectivity index (χ1v) is 3.05. The highest BCUT2D eigenvalue weighted by Gasteiger charge is 2.14. The lowest BCUT2D eigenvalue weighted by atomic mass is 10.3. The molecule has 0 saturated heterocycles. The molecule has 0 aliphatic carbocycles. The average Bonchev–Trinajstić information content (AvgIpc) is 2.34. The van der Waals surface area contributed by atoms with Gasteiger partial charge in [0.15, 0.2) is 0 Å². The second-order valence-electron chi connectivity index (χ2n) is 2.09. The molecule has 1 aromatic rings. The van der Waals surface area contributed by atoms with Gasteiger partial charge in [-0.25, -0.2) is 8.78 Å². The van der Waals surface area contributed by atoms with Crippen LogP contribution >= 0.6 is 0 Å². The van der Waals surface area contributed by atoms with Gasteiger partial charge in [-0.3, -0.25) is 4.79 Å². The first-order valence-electron chi connectivity index (χ1n) is 3.05. The van der Waals surface area contributed by atoms with Crippen LogP contribution in [0.1, 0.15) is 17.9 Å². The number of nitrogens with zero attached hydrogens (tertiary/aromatic N) is 1. The van der Waals surface area contributed by atoms with E-state index in [1.165, 1.54) is 0 Å². The largest absolute Gasteiger partial charge is 0.481 e. The Hall–Kier alpha value is -1.46. The van der Waals surface area contributed by atoms with E-state index >= 15 is 0 Å². The molecule has 1 heterocycles. The van der Waals surface area contributed by atoms with Crippen molar-refractivity contribution in [2.24, 2.45) is 0 Å². The van der Waals surface area contributed by atoms with Gasteiger partial charge >= 0.3 is 5.97 Å². The van der Waals surface area contributed by atoms with Crippen LogP contribution in [0.25, 0.3) is 0 Å². The smallest absolute Gasteiger partial charge is 0.311 e. The van der Waals surface area contributed by atoms with Crippen molar-refractivity contribution in [3.8, 4) is 0 Å². The third kappa shape index (κ3) is 2.01. The van der Waals surface area contributed by atoms with Crippen molar-refractivity contribution in [1.29, 1.82) is 0 Å². The summed E-state index contributed by atoms with van der Waals surface area (Å²) in [6.07, 6.45) is -3.16. The van der Waals surface area contributed by atoms with Gasteiger partial charge in [-0.15, -0.1) is 0 Å². The van der Waals surface area contributed by atoms with Crippen molar-refractivity contribution in [2.75, 3.05) is 0 Å². The fourth-order valence-electron chi connectivity index (χ4n) is 0.664. The number of aliphatic carboxylic acids is 1. The van der Waals surface area contributed by atoms with Gasteiger partial charge in [-0.1, -0.05) is 5.16 Å². The van der Waals surface area contributed by atoms with Gasteiger partial charge < -0.3 is 9.63 Å². The summed E-state index contributed by atoms with van der Waals surface area (Å²) in [4.78, 5) is 10.1. The number of rotatable bonds is 3. The Labute approximate surface area is 65.8 Å². The lowest BCUT2D eigenvalue weighted by Crippen LogP contribution is -1.98. The molecule has 0 atom stereocenters. The molecule has 0 radical (unpaired) electrons. The van der Waals surface area contributed by atoms with Gasteiger partial charge in [0.1, 0.15) is 17.9 Å². The van der Waals surface area contributed by atoms with Gasteiger partial charge in [0, 0.05) is 6.07 Å². The summed E-state index contributed by atoms with van der Waals surface area (Å²) < 4.78 is 28.0. The van der Waals surface area contributed by atoms with E-state index in [0.29, 0.717) is 0 Å². The molecule has 0 unspecified atom stereocenters. The Balaban J connectivity index is 2.70. The van der Waals surface area contributed by atoms with Crippen LogP contribution in [0.15, 0.2) is 10.6 Å². The van der Waals surface area contributed by atoms with Crippen molar-refractivity contribution in [2.45, 2.75) is 12.8 Å². The molecule has 0 bridgehead atoms. The zero-order valence-electron chi connectivity index (χ0n) is 5.83. The Morgan fingerprint density at radius 1 is 1.75 bits per heavy atom. The predicted molar refractivity (Wildman–Crippen MR) is 32.8 cm³/mol. The molecule has 0 spiro atoms. The number of halogens is 2. The van der Waals surface area contributed by atoms with Crippen molar-refractivity contribution >= 4 is 5.97 Å². The Morgan fingerprint density at radius 3 is 2.83 bits per heavy atom. The van der Waals surface area contributed by atoms with E-state index in [-0.39, 0.29) is 5.76 Å². The Kier molecular flexibility index (Phi) is 2.37. The second kappa shape index (κ2) is 3.29. The zero-order valence-corrected chi connectivity index (χ0v) is 5.83. The van der Waals surface area contributed by atoms with Crippen LogP contribution < -0.4 is 0 Å². The average molecular weight is 177 g/mol. The fourth-order valence-corrected chi connectivity index (χ4v) is 0.664. The van der Waals surface area contributed by atoms with Crippen LogP contribution in [0, 0.1) is 0 Å². The van der Waals surface area contributed by atoms with E-state index in [2.05, 4.69) is 9.68 Å². The van der Waals surface area contributed by atoms with Crippen LogP contribution in [0.4, 0.5) is 8.78 Å². The molecule has 6 heteroatoms. The molecule has 0 fully saturated rings. The Morgan fingerprint density at radius 2 is 2.42 bits per heavy atom. The number of carboxylic acids is 1. The first-order chi connectivity index (χ1) is 5.59. The molecule has 4 nitrogen and oxygen atoms in total. The van der Waals surface area contributed by atoms with E-state index in [9.17, 15) is 13.6 Å². The van der Waals surface area contributed by atoms with Crippen LogP contribution in [0.3, 0.4) is 0 Å². The van der Waals surface area contributed by atoms with Gasteiger partial charge in [-0.2, -0.15) is 0 Å². The lowest BCUT2D eigenvalue weighted by Gasteiger charge is -1.85. The van der Waals surface area contributed by atoms with Gasteiger partial charge in [0.2, 0.25) is 0 Å². The molecule has 1 aromatic heterocycles. The fraction of sp³-hybridized carbons (Fsp3) is 0.333. The highest BCUT2D eigenvalue weighted by Crippen LogP contribution is 2.17. The third-order valence-corrected chi connectivity index (χ3v) is 1.13. The SMILES string of the molecule is O=C(O)Cc1cc(C(F)F)no1. The maximum Gasteiger partial charge on any atom is 0.311 e. The molecule has 0 aliphatic heterocycles. The molecule has 0 aromatic carbocycles. The molecular formula is C6H5F2NO3. The molecule has 0 amide bonds. The van der Waals surface area contributed by atoms with E-state index < -0.39 is 24.5 Å². The van der Waals surface area contributed by atoms with Crippen molar-refractivity contribution < 1.29 is 23.2 Å². The summed E-state index contributed by atoms with van der Waals surface area (Å²) in [5.41, 5.74) is -0.536. The molecule has 0 aliphatic rings. The standard InChI is InChI=1S/C6H5F2NO3/c7-6(8)4-1-3(12-9-4)2-5(10)11/h1,6H,2H2,(H,10,11). The molecule has 66 valence electrons. The molecule has 0 saturated carbocycles. The number of aromatic nitrogens is 1. The minimum atomic E-state index is -2.73. The van der Waals surface area contributed by atoms with Gasteiger partial charge in [0.05, 0.1) is 0 Å². The second-order valence-corrected chi connectivity index (χ2v) is 2.09. The highest BCUT2D eigenvalue weighted by molar-refractivity contribution is 5.69. The number of alkyl halides is 2. The maximum atomic E-state index is 11.8. The molecule has 12 heavy (non-hydrogen) atoms. The zero-order chi connectivity index (χ0) is 9.14. The summed E-state index contributed by atoms with van der Waals surface area (Å²) in [5.74, 6) is -1.22. The van der Waals surface area contributed by atoms with E-state index in [4.69, 9.17) is 5.11 Å². The molecular weight excluding hydrogens is 172 g/mol. The third-order valence-electron chi connectivity index (χ3n) is 1.13. The summed E-state index contributed by atoms with van der Waals surface area (Å²) >= 11 is 0. The number of hydrogen-bond acceptors (Lipinski definition) is 3. The number of hydrogen-bond donors (Lipinski definition) is 1. The highest BCUT2D eigenvalue weighted by atomic mass is 19.3. The molecule has 1 rings (SSSR count). The van der Waals surface area contributed by atoms with Crippen LogP contribution in [0.2, 0.25) is 0 Å². The predicted octanol–water partition coefficient (Wildman–Crippen LogP) is 1.24. The Bertz CT molecular complexity index is 284. The number of carboxylic acid groups (broad SMARTS) is 1. The van der Waals surface area contributed by atoms with Gasteiger partial charge in [0.25, 0.3) is 6.43 Å². The summed E-state index contributed by atoms with van der Waals surface area (Å²) in [6.45, 7) is 0.